The van der Waals surface area contributed by atoms with Gasteiger partial charge in [-0.1, -0.05) is 31.0 Å². The van der Waals surface area contributed by atoms with Crippen LogP contribution in [0.25, 0.3) is 0 Å². The van der Waals surface area contributed by atoms with Crippen LogP contribution in [0.15, 0.2) is 12.1 Å². The van der Waals surface area contributed by atoms with Crippen molar-refractivity contribution < 1.29 is 19.3 Å². The maximum atomic E-state index is 12.3. The Kier molecular flexibility index (Phi) is 9.51. The molecule has 1 aromatic rings. The molecule has 0 heterocycles. The number of ketones is 1. The van der Waals surface area contributed by atoms with E-state index in [4.69, 9.17) is 9.67 Å². The number of carbonyl (C=O) groups excluding carboxylic acids is 1. The zero-order valence-corrected chi connectivity index (χ0v) is 14.7. The van der Waals surface area contributed by atoms with Gasteiger partial charge in [-0.25, -0.2) is 0 Å². The van der Waals surface area contributed by atoms with Crippen LogP contribution in [0.3, 0.4) is 0 Å². The molecule has 0 saturated heterocycles. The van der Waals surface area contributed by atoms with Gasteiger partial charge in [0.2, 0.25) is 0 Å². The first-order chi connectivity index (χ1) is 10.3. The SMILES string of the molecule is Cc1cc(C)c(C(=O)CCCCC(C)C(=O)O)c(C)c1.O=P. The van der Waals surface area contributed by atoms with E-state index in [0.717, 1.165) is 29.5 Å². The molecule has 22 heavy (non-hydrogen) atoms. The maximum absolute atomic E-state index is 12.3. The van der Waals surface area contributed by atoms with Crippen molar-refractivity contribution in [1.29, 1.82) is 0 Å². The van der Waals surface area contributed by atoms with E-state index in [1.54, 1.807) is 16.0 Å². The summed E-state index contributed by atoms with van der Waals surface area (Å²) in [7, 11) is 1.72. The third-order valence-electron chi connectivity index (χ3n) is 3.67. The van der Waals surface area contributed by atoms with E-state index < -0.39 is 5.97 Å². The van der Waals surface area contributed by atoms with Crippen molar-refractivity contribution in [2.24, 2.45) is 5.92 Å². The number of hydrogen-bond acceptors (Lipinski definition) is 3. The van der Waals surface area contributed by atoms with Gasteiger partial charge in [-0.2, -0.15) is 0 Å². The molecule has 0 aliphatic carbocycles. The first kappa shape index (κ1) is 20.5. The van der Waals surface area contributed by atoms with Crippen molar-refractivity contribution in [3.8, 4) is 0 Å². The molecule has 5 heteroatoms. The molecule has 1 N–H and O–H groups in total. The van der Waals surface area contributed by atoms with Gasteiger partial charge in [0.1, 0.15) is 9.12 Å². The highest BCUT2D eigenvalue weighted by molar-refractivity contribution is 7.00. The lowest BCUT2D eigenvalue weighted by atomic mass is 9.93. The minimum Gasteiger partial charge on any atom is -0.481 e. The van der Waals surface area contributed by atoms with E-state index in [2.05, 4.69) is 0 Å². The second kappa shape index (κ2) is 10.2. The van der Waals surface area contributed by atoms with Gasteiger partial charge in [0, 0.05) is 12.0 Å². The summed E-state index contributed by atoms with van der Waals surface area (Å²) in [4.78, 5) is 23.0. The van der Waals surface area contributed by atoms with Gasteiger partial charge in [0.05, 0.1) is 5.92 Å². The average molecular weight is 324 g/mol. The quantitative estimate of drug-likeness (QED) is 0.454. The minimum absolute atomic E-state index is 0.169. The standard InChI is InChI=1S/C17H24O3.HOP/c1-11-9-13(3)16(14(4)10-11)15(18)8-6-5-7-12(2)17(19)20;1-2/h9-10,12H,5-8H2,1-4H3,(H,19,20);2H. The number of benzene rings is 1. The summed E-state index contributed by atoms with van der Waals surface area (Å²) in [6.45, 7) is 7.68. The third kappa shape index (κ3) is 6.48. The Balaban J connectivity index is 0.00000211. The molecule has 0 bridgehead atoms. The van der Waals surface area contributed by atoms with Gasteiger partial charge in [0.15, 0.2) is 5.78 Å². The first-order valence-electron chi connectivity index (χ1n) is 7.37. The van der Waals surface area contributed by atoms with Crippen molar-refractivity contribution in [2.75, 3.05) is 0 Å². The van der Waals surface area contributed by atoms with Gasteiger partial charge in [-0.15, -0.1) is 0 Å². The lowest BCUT2D eigenvalue weighted by Gasteiger charge is -2.10. The molecule has 122 valence electrons. The van der Waals surface area contributed by atoms with Gasteiger partial charge < -0.3 is 5.11 Å². The monoisotopic (exact) mass is 324 g/mol. The third-order valence-corrected chi connectivity index (χ3v) is 3.67. The number of aliphatic carboxylic acids is 1. The predicted octanol–water partition coefficient (Wildman–Crippen LogP) is 4.55. The Hall–Kier alpha value is -1.54. The number of rotatable bonds is 7. The van der Waals surface area contributed by atoms with Crippen LogP contribution < -0.4 is 0 Å². The van der Waals surface area contributed by atoms with Gasteiger partial charge in [0.25, 0.3) is 0 Å². The highest BCUT2D eigenvalue weighted by Crippen LogP contribution is 2.20. The van der Waals surface area contributed by atoms with E-state index in [1.165, 1.54) is 5.56 Å². The maximum Gasteiger partial charge on any atom is 0.306 e. The minimum atomic E-state index is -0.762. The number of hydrogen-bond donors (Lipinski definition) is 1. The van der Waals surface area contributed by atoms with Gasteiger partial charge >= 0.3 is 5.97 Å². The number of carboxylic acids is 1. The predicted molar refractivity (Wildman–Crippen MR) is 89.3 cm³/mol. The van der Waals surface area contributed by atoms with E-state index in [0.29, 0.717) is 12.8 Å². The fourth-order valence-electron chi connectivity index (χ4n) is 2.60. The molecule has 1 atom stereocenters. The van der Waals surface area contributed by atoms with E-state index in [1.807, 2.05) is 32.9 Å². The molecule has 0 saturated carbocycles. The number of carbonyl (C=O) groups is 2. The van der Waals surface area contributed by atoms with Crippen molar-refractivity contribution >= 4 is 20.9 Å². The lowest BCUT2D eigenvalue weighted by molar-refractivity contribution is -0.141. The Bertz CT molecular complexity index is 502. The van der Waals surface area contributed by atoms with E-state index >= 15 is 0 Å². The Morgan fingerprint density at radius 2 is 1.59 bits per heavy atom. The van der Waals surface area contributed by atoms with Crippen LogP contribution in [0.5, 0.6) is 0 Å². The molecular weight excluding hydrogens is 299 g/mol. The summed E-state index contributed by atoms with van der Waals surface area (Å²) in [6.07, 6.45) is 2.66. The highest BCUT2D eigenvalue weighted by Gasteiger charge is 2.14. The average Bonchev–Trinajstić information content (AvgIpc) is 2.44. The van der Waals surface area contributed by atoms with Gasteiger partial charge in [-0.05, 0) is 44.7 Å². The van der Waals surface area contributed by atoms with Crippen molar-refractivity contribution in [1.82, 2.24) is 0 Å². The van der Waals surface area contributed by atoms with Crippen LogP contribution in [-0.2, 0) is 9.36 Å². The molecule has 1 rings (SSSR count). The summed E-state index contributed by atoms with van der Waals surface area (Å²) >= 11 is 0. The first-order valence-corrected chi connectivity index (χ1v) is 7.78. The van der Waals surface area contributed by atoms with Crippen LogP contribution in [0.2, 0.25) is 0 Å². The van der Waals surface area contributed by atoms with E-state index in [-0.39, 0.29) is 11.7 Å². The van der Waals surface area contributed by atoms with Crippen molar-refractivity contribution in [3.63, 3.8) is 0 Å². The molecular formula is C17H25O4P. The fraction of sp³-hybridized carbons (Fsp3) is 0.529. The summed E-state index contributed by atoms with van der Waals surface area (Å²) in [5.74, 6) is -0.919. The van der Waals surface area contributed by atoms with Crippen LogP contribution in [0.1, 0.15) is 59.7 Å². The molecule has 0 amide bonds. The zero-order chi connectivity index (χ0) is 17.3. The molecule has 0 aliphatic rings. The largest absolute Gasteiger partial charge is 0.481 e. The Labute approximate surface area is 134 Å². The van der Waals surface area contributed by atoms with Gasteiger partial charge in [-0.3, -0.25) is 14.2 Å². The Morgan fingerprint density at radius 3 is 2.05 bits per heavy atom. The summed E-state index contributed by atoms with van der Waals surface area (Å²) < 4.78 is 8.06. The molecule has 1 aromatic carbocycles. The van der Waals surface area contributed by atoms with Crippen LogP contribution in [0, 0.1) is 26.7 Å². The number of carboxylic acid groups (broad SMARTS) is 1. The smallest absolute Gasteiger partial charge is 0.306 e. The molecule has 4 nitrogen and oxygen atoms in total. The molecule has 0 fully saturated rings. The number of unbranched alkanes of at least 4 members (excludes halogenated alkanes) is 1. The zero-order valence-electron chi connectivity index (χ0n) is 13.7. The number of Topliss-reactive ketones (excluding diaryl/α,β-unsaturated/α-hetero) is 1. The molecule has 0 radical (unpaired) electrons. The normalized spacial score (nSPS) is 11.3. The summed E-state index contributed by atoms with van der Waals surface area (Å²) in [5.41, 5.74) is 4.08. The summed E-state index contributed by atoms with van der Waals surface area (Å²) in [5, 5.41) is 8.80. The summed E-state index contributed by atoms with van der Waals surface area (Å²) in [6, 6.07) is 4.07. The molecule has 0 aromatic heterocycles. The highest BCUT2D eigenvalue weighted by atomic mass is 31.0. The number of aryl methyl sites for hydroxylation is 3. The van der Waals surface area contributed by atoms with Crippen molar-refractivity contribution in [2.45, 2.75) is 53.4 Å². The lowest BCUT2D eigenvalue weighted by Crippen LogP contribution is -2.09. The Morgan fingerprint density at radius 1 is 1.09 bits per heavy atom. The van der Waals surface area contributed by atoms with Crippen LogP contribution in [0.4, 0.5) is 0 Å². The second-order valence-electron chi connectivity index (χ2n) is 5.68. The van der Waals surface area contributed by atoms with E-state index in [9.17, 15) is 9.59 Å². The molecule has 0 spiro atoms. The fourth-order valence-corrected chi connectivity index (χ4v) is 2.60. The van der Waals surface area contributed by atoms with Crippen LogP contribution >= 0.6 is 9.12 Å². The topological polar surface area (TPSA) is 71.4 Å². The molecule has 0 aliphatic heterocycles. The van der Waals surface area contributed by atoms with Crippen molar-refractivity contribution in [3.05, 3.63) is 34.4 Å². The molecule has 1 unspecified atom stereocenters. The second-order valence-corrected chi connectivity index (χ2v) is 5.68. The van der Waals surface area contributed by atoms with Crippen LogP contribution in [-0.4, -0.2) is 16.9 Å².